The van der Waals surface area contributed by atoms with E-state index >= 15 is 0 Å². The summed E-state index contributed by atoms with van der Waals surface area (Å²) in [5, 5.41) is 0. The number of anilines is 1. The molecule has 1 aliphatic heterocycles. The number of benzene rings is 2. The van der Waals surface area contributed by atoms with Crippen LogP contribution in [0, 0.1) is 0 Å². The summed E-state index contributed by atoms with van der Waals surface area (Å²) in [6.45, 7) is 5.01. The number of ether oxygens (including phenoxy) is 1. The second-order valence-corrected chi connectivity index (χ2v) is 5.83. The Labute approximate surface area is 138 Å². The van der Waals surface area contributed by atoms with Gasteiger partial charge in [-0.25, -0.2) is 0 Å². The van der Waals surface area contributed by atoms with Gasteiger partial charge in [0, 0.05) is 31.1 Å². The molecule has 0 spiro atoms. The molecule has 0 aliphatic carbocycles. The zero-order valence-electron chi connectivity index (χ0n) is 13.7. The lowest BCUT2D eigenvalue weighted by Gasteiger charge is -2.28. The first-order valence-corrected chi connectivity index (χ1v) is 8.47. The topological polar surface area (TPSA) is 24.8 Å². The third kappa shape index (κ3) is 4.35. The normalized spacial score (nSPS) is 15.1. The molecule has 0 radical (unpaired) electrons. The van der Waals surface area contributed by atoms with Crippen molar-refractivity contribution in [2.24, 2.45) is 4.99 Å². The molecule has 1 heterocycles. The molecule has 0 amide bonds. The van der Waals surface area contributed by atoms with Gasteiger partial charge in [0.2, 0.25) is 0 Å². The summed E-state index contributed by atoms with van der Waals surface area (Å²) < 4.78 is 5.50. The lowest BCUT2D eigenvalue weighted by molar-refractivity contribution is 0.340. The zero-order chi connectivity index (χ0) is 15.9. The molecule has 0 N–H and O–H groups in total. The Kier molecular flexibility index (Phi) is 5.30. The van der Waals surface area contributed by atoms with Crippen molar-refractivity contribution >= 4 is 17.6 Å². The van der Waals surface area contributed by atoms with Gasteiger partial charge in [-0.2, -0.15) is 0 Å². The van der Waals surface area contributed by atoms with Gasteiger partial charge < -0.3 is 9.64 Å². The highest BCUT2D eigenvalue weighted by atomic mass is 16.5. The third-order valence-corrected chi connectivity index (χ3v) is 4.11. The molecule has 1 fully saturated rings. The third-order valence-electron chi connectivity index (χ3n) is 4.11. The van der Waals surface area contributed by atoms with E-state index in [1.807, 2.05) is 37.4 Å². The van der Waals surface area contributed by atoms with Crippen LogP contribution in [0.4, 0.5) is 11.4 Å². The molecule has 0 bridgehead atoms. The lowest BCUT2D eigenvalue weighted by atomic mass is 10.1. The first kappa shape index (κ1) is 15.6. The Balaban J connectivity index is 1.66. The Morgan fingerprint density at radius 1 is 1.04 bits per heavy atom. The van der Waals surface area contributed by atoms with Gasteiger partial charge in [0.05, 0.1) is 12.3 Å². The van der Waals surface area contributed by atoms with Crippen molar-refractivity contribution in [1.82, 2.24) is 0 Å². The van der Waals surface area contributed by atoms with Gasteiger partial charge in [0.25, 0.3) is 0 Å². The van der Waals surface area contributed by atoms with Gasteiger partial charge in [-0.3, -0.25) is 4.99 Å². The molecular formula is C20H24N2O. The summed E-state index contributed by atoms with van der Waals surface area (Å²) in [7, 11) is 0. The van der Waals surface area contributed by atoms with Gasteiger partial charge in [-0.1, -0.05) is 18.2 Å². The number of hydrogen-bond acceptors (Lipinski definition) is 3. The van der Waals surface area contributed by atoms with Crippen LogP contribution in [-0.2, 0) is 0 Å². The molecule has 2 aromatic rings. The minimum atomic E-state index is 0.672. The molecular weight excluding hydrogens is 284 g/mol. The fourth-order valence-corrected chi connectivity index (χ4v) is 2.89. The standard InChI is InChI=1S/C20H24N2O/c1-2-23-20-8-6-7-18(15-20)21-16-17-9-11-19(12-10-17)22-13-4-3-5-14-22/h6-12,15-16H,2-5,13-14H2,1H3. The zero-order valence-corrected chi connectivity index (χ0v) is 13.7. The van der Waals surface area contributed by atoms with Crippen LogP contribution in [0.3, 0.4) is 0 Å². The van der Waals surface area contributed by atoms with Gasteiger partial charge >= 0.3 is 0 Å². The van der Waals surface area contributed by atoms with Crippen molar-refractivity contribution in [3.05, 3.63) is 54.1 Å². The van der Waals surface area contributed by atoms with E-state index in [1.165, 1.54) is 38.0 Å². The van der Waals surface area contributed by atoms with Crippen molar-refractivity contribution < 1.29 is 4.74 Å². The predicted molar refractivity (Wildman–Crippen MR) is 97.4 cm³/mol. The van der Waals surface area contributed by atoms with E-state index in [0.29, 0.717) is 6.61 Å². The Bertz CT molecular complexity index is 643. The van der Waals surface area contributed by atoms with Crippen LogP contribution in [0.2, 0.25) is 0 Å². The average molecular weight is 308 g/mol. The van der Waals surface area contributed by atoms with E-state index in [9.17, 15) is 0 Å². The van der Waals surface area contributed by atoms with Crippen LogP contribution in [0.5, 0.6) is 5.75 Å². The predicted octanol–water partition coefficient (Wildman–Crippen LogP) is 4.83. The SMILES string of the molecule is CCOc1cccc(N=Cc2ccc(N3CCCCC3)cc2)c1. The van der Waals surface area contributed by atoms with E-state index in [1.54, 1.807) is 0 Å². The Morgan fingerprint density at radius 2 is 1.83 bits per heavy atom. The maximum atomic E-state index is 5.50. The minimum Gasteiger partial charge on any atom is -0.494 e. The molecule has 3 nitrogen and oxygen atoms in total. The quantitative estimate of drug-likeness (QED) is 0.739. The minimum absolute atomic E-state index is 0.672. The van der Waals surface area contributed by atoms with E-state index in [2.05, 4.69) is 34.2 Å². The first-order valence-electron chi connectivity index (χ1n) is 8.47. The molecule has 1 aliphatic rings. The summed E-state index contributed by atoms with van der Waals surface area (Å²) >= 11 is 0. The fourth-order valence-electron chi connectivity index (χ4n) is 2.89. The first-order chi connectivity index (χ1) is 11.3. The highest BCUT2D eigenvalue weighted by Gasteiger charge is 2.10. The van der Waals surface area contributed by atoms with Crippen LogP contribution in [0.1, 0.15) is 31.7 Å². The summed E-state index contributed by atoms with van der Waals surface area (Å²) in [5.74, 6) is 0.864. The number of hydrogen-bond donors (Lipinski definition) is 0. The molecule has 1 saturated heterocycles. The van der Waals surface area contributed by atoms with Crippen molar-refractivity contribution in [3.63, 3.8) is 0 Å². The smallest absolute Gasteiger partial charge is 0.121 e. The highest BCUT2D eigenvalue weighted by molar-refractivity contribution is 5.82. The maximum absolute atomic E-state index is 5.50. The second kappa shape index (κ2) is 7.82. The molecule has 0 aromatic heterocycles. The van der Waals surface area contributed by atoms with Gasteiger partial charge in [0.15, 0.2) is 0 Å². The Morgan fingerprint density at radius 3 is 2.57 bits per heavy atom. The fraction of sp³-hybridized carbons (Fsp3) is 0.350. The maximum Gasteiger partial charge on any atom is 0.121 e. The average Bonchev–Trinajstić information content (AvgIpc) is 2.62. The van der Waals surface area contributed by atoms with Crippen LogP contribution >= 0.6 is 0 Å². The largest absolute Gasteiger partial charge is 0.494 e. The number of piperidine rings is 1. The van der Waals surface area contributed by atoms with Crippen molar-refractivity contribution in [1.29, 1.82) is 0 Å². The summed E-state index contributed by atoms with van der Waals surface area (Å²) in [5.41, 5.74) is 3.35. The van der Waals surface area contributed by atoms with Crippen molar-refractivity contribution in [2.45, 2.75) is 26.2 Å². The van der Waals surface area contributed by atoms with Crippen LogP contribution in [0.25, 0.3) is 0 Å². The molecule has 3 heteroatoms. The van der Waals surface area contributed by atoms with Crippen molar-refractivity contribution in [3.8, 4) is 5.75 Å². The van der Waals surface area contributed by atoms with Gasteiger partial charge in [-0.05, 0) is 56.0 Å². The number of nitrogens with zero attached hydrogens (tertiary/aromatic N) is 2. The van der Waals surface area contributed by atoms with Gasteiger partial charge in [0.1, 0.15) is 5.75 Å². The van der Waals surface area contributed by atoms with Gasteiger partial charge in [-0.15, -0.1) is 0 Å². The van der Waals surface area contributed by atoms with Crippen LogP contribution < -0.4 is 9.64 Å². The summed E-state index contributed by atoms with van der Waals surface area (Å²) in [6.07, 6.45) is 5.88. The molecule has 0 saturated carbocycles. The highest BCUT2D eigenvalue weighted by Crippen LogP contribution is 2.21. The van der Waals surface area contributed by atoms with E-state index in [-0.39, 0.29) is 0 Å². The van der Waals surface area contributed by atoms with E-state index in [0.717, 1.165) is 17.0 Å². The molecule has 2 aromatic carbocycles. The van der Waals surface area contributed by atoms with Crippen LogP contribution in [0.15, 0.2) is 53.5 Å². The van der Waals surface area contributed by atoms with E-state index < -0.39 is 0 Å². The molecule has 23 heavy (non-hydrogen) atoms. The van der Waals surface area contributed by atoms with Crippen molar-refractivity contribution in [2.75, 3.05) is 24.6 Å². The monoisotopic (exact) mass is 308 g/mol. The molecule has 120 valence electrons. The van der Waals surface area contributed by atoms with E-state index in [4.69, 9.17) is 4.74 Å². The van der Waals surface area contributed by atoms with Crippen LogP contribution in [-0.4, -0.2) is 25.9 Å². The molecule has 0 unspecified atom stereocenters. The lowest BCUT2D eigenvalue weighted by Crippen LogP contribution is -2.29. The molecule has 0 atom stereocenters. The number of rotatable bonds is 5. The Hall–Kier alpha value is -2.29. The summed E-state index contributed by atoms with van der Waals surface area (Å²) in [4.78, 5) is 7.01. The second-order valence-electron chi connectivity index (χ2n) is 5.83. The number of aliphatic imine (C=N–C) groups is 1. The molecule has 3 rings (SSSR count). The summed E-state index contributed by atoms with van der Waals surface area (Å²) in [6, 6.07) is 16.5.